The number of aryl methyl sites for hydroxylation is 2. The fourth-order valence-electron chi connectivity index (χ4n) is 1.80. The van der Waals surface area contributed by atoms with Crippen LogP contribution in [0.5, 0.6) is 0 Å². The summed E-state index contributed by atoms with van der Waals surface area (Å²) in [7, 11) is 0. The summed E-state index contributed by atoms with van der Waals surface area (Å²) in [4.78, 5) is 4.47. The molecule has 0 aliphatic heterocycles. The van der Waals surface area contributed by atoms with Gasteiger partial charge >= 0.3 is 0 Å². The maximum absolute atomic E-state index is 7.59. The highest BCUT2D eigenvalue weighted by molar-refractivity contribution is 7.98. The second-order valence-electron chi connectivity index (χ2n) is 4.50. The molecule has 1 aromatic heterocycles. The second-order valence-corrected chi connectivity index (χ2v) is 5.46. The average molecular weight is 271 g/mol. The van der Waals surface area contributed by atoms with E-state index in [4.69, 9.17) is 11.1 Å². The van der Waals surface area contributed by atoms with Gasteiger partial charge in [-0.2, -0.15) is 0 Å². The molecule has 3 nitrogen and oxygen atoms in total. The molecule has 0 fully saturated rings. The van der Waals surface area contributed by atoms with Gasteiger partial charge in [-0.1, -0.05) is 29.8 Å². The van der Waals surface area contributed by atoms with Crippen molar-refractivity contribution in [3.05, 3.63) is 58.8 Å². The smallest absolute Gasteiger partial charge is 0.125 e. The summed E-state index contributed by atoms with van der Waals surface area (Å²) >= 11 is 1.62. The van der Waals surface area contributed by atoms with E-state index in [1.54, 1.807) is 11.8 Å². The summed E-state index contributed by atoms with van der Waals surface area (Å²) in [5.74, 6) is 0.901. The molecule has 0 aliphatic carbocycles. The summed E-state index contributed by atoms with van der Waals surface area (Å²) in [5.41, 5.74) is 9.74. The lowest BCUT2D eigenvalue weighted by molar-refractivity contribution is 1.05. The fraction of sp³-hybridized carbons (Fsp3) is 0.200. The molecule has 0 spiro atoms. The summed E-state index contributed by atoms with van der Waals surface area (Å²) in [6.07, 6.45) is 0. The van der Waals surface area contributed by atoms with Gasteiger partial charge in [-0.25, -0.2) is 4.98 Å². The summed E-state index contributed by atoms with van der Waals surface area (Å²) < 4.78 is 0. The van der Waals surface area contributed by atoms with Crippen molar-refractivity contribution < 1.29 is 0 Å². The van der Waals surface area contributed by atoms with Crippen LogP contribution in [0.4, 0.5) is 0 Å². The minimum Gasteiger partial charge on any atom is -0.384 e. The van der Waals surface area contributed by atoms with E-state index < -0.39 is 0 Å². The van der Waals surface area contributed by atoms with Gasteiger partial charge in [0.1, 0.15) is 10.9 Å². The minimum atomic E-state index is 0.0687. The molecule has 3 N–H and O–H groups in total. The van der Waals surface area contributed by atoms with Gasteiger partial charge < -0.3 is 5.73 Å². The lowest BCUT2D eigenvalue weighted by Crippen LogP contribution is -2.13. The number of benzene rings is 1. The van der Waals surface area contributed by atoms with E-state index in [9.17, 15) is 0 Å². The second kappa shape index (κ2) is 5.89. The fourth-order valence-corrected chi connectivity index (χ4v) is 2.83. The largest absolute Gasteiger partial charge is 0.384 e. The van der Waals surface area contributed by atoms with Gasteiger partial charge in [0.25, 0.3) is 0 Å². The highest BCUT2D eigenvalue weighted by Crippen LogP contribution is 2.25. The molecular weight excluding hydrogens is 254 g/mol. The third-order valence-corrected chi connectivity index (χ3v) is 3.81. The SMILES string of the molecule is Cc1cccc(CSc2nc(C)ccc2C(=N)N)c1. The number of amidine groups is 1. The minimum absolute atomic E-state index is 0.0687. The number of nitrogens with one attached hydrogen (secondary N) is 1. The summed E-state index contributed by atoms with van der Waals surface area (Å²) in [5, 5.41) is 8.42. The van der Waals surface area contributed by atoms with Gasteiger partial charge in [0.05, 0.1) is 0 Å². The summed E-state index contributed by atoms with van der Waals surface area (Å²) in [6, 6.07) is 12.1. The molecule has 4 heteroatoms. The topological polar surface area (TPSA) is 62.8 Å². The number of nitrogen functional groups attached to an aromatic ring is 1. The van der Waals surface area contributed by atoms with Crippen molar-refractivity contribution in [2.24, 2.45) is 5.73 Å². The van der Waals surface area contributed by atoms with Crippen LogP contribution < -0.4 is 5.73 Å². The molecule has 0 saturated heterocycles. The zero-order valence-corrected chi connectivity index (χ0v) is 11.9. The van der Waals surface area contributed by atoms with Crippen molar-refractivity contribution >= 4 is 17.6 Å². The van der Waals surface area contributed by atoms with Crippen molar-refractivity contribution in [1.29, 1.82) is 5.41 Å². The van der Waals surface area contributed by atoms with Gasteiger partial charge in [0.2, 0.25) is 0 Å². The molecule has 19 heavy (non-hydrogen) atoms. The third kappa shape index (κ3) is 3.58. The number of aromatic nitrogens is 1. The maximum Gasteiger partial charge on any atom is 0.125 e. The van der Waals surface area contributed by atoms with Crippen LogP contribution in [0.2, 0.25) is 0 Å². The van der Waals surface area contributed by atoms with Crippen LogP contribution in [0, 0.1) is 19.3 Å². The Bertz CT molecular complexity index is 608. The number of hydrogen-bond acceptors (Lipinski definition) is 3. The van der Waals surface area contributed by atoms with E-state index in [0.29, 0.717) is 5.56 Å². The lowest BCUT2D eigenvalue weighted by atomic mass is 10.2. The van der Waals surface area contributed by atoms with Gasteiger partial charge in [0, 0.05) is 17.0 Å². The molecule has 0 bridgehead atoms. The first-order valence-electron chi connectivity index (χ1n) is 6.06. The van der Waals surface area contributed by atoms with Crippen molar-refractivity contribution in [3.8, 4) is 0 Å². The number of nitrogens with zero attached hydrogens (tertiary/aromatic N) is 1. The van der Waals surface area contributed by atoms with Crippen LogP contribution in [0.3, 0.4) is 0 Å². The molecule has 1 heterocycles. The van der Waals surface area contributed by atoms with Crippen LogP contribution in [0.25, 0.3) is 0 Å². The van der Waals surface area contributed by atoms with E-state index in [2.05, 4.69) is 36.2 Å². The zero-order chi connectivity index (χ0) is 13.8. The van der Waals surface area contributed by atoms with Gasteiger partial charge in [-0.05, 0) is 31.5 Å². The van der Waals surface area contributed by atoms with E-state index >= 15 is 0 Å². The Morgan fingerprint density at radius 2 is 2.05 bits per heavy atom. The Kier molecular flexibility index (Phi) is 4.22. The monoisotopic (exact) mass is 271 g/mol. The van der Waals surface area contributed by atoms with Crippen molar-refractivity contribution in [3.63, 3.8) is 0 Å². The zero-order valence-electron chi connectivity index (χ0n) is 11.1. The molecule has 2 aromatic rings. The van der Waals surface area contributed by atoms with Crippen LogP contribution in [0.1, 0.15) is 22.4 Å². The first-order valence-corrected chi connectivity index (χ1v) is 7.05. The van der Waals surface area contributed by atoms with E-state index in [1.807, 2.05) is 19.1 Å². The number of rotatable bonds is 4. The van der Waals surface area contributed by atoms with Crippen molar-refractivity contribution in [2.75, 3.05) is 0 Å². The number of hydrogen-bond donors (Lipinski definition) is 2. The van der Waals surface area contributed by atoms with Crippen LogP contribution in [0.15, 0.2) is 41.4 Å². The van der Waals surface area contributed by atoms with E-state index in [-0.39, 0.29) is 5.84 Å². The third-order valence-electron chi connectivity index (χ3n) is 2.75. The molecule has 0 unspecified atom stereocenters. The first kappa shape index (κ1) is 13.6. The number of nitrogens with two attached hydrogens (primary N) is 1. The molecule has 98 valence electrons. The highest BCUT2D eigenvalue weighted by atomic mass is 32.2. The van der Waals surface area contributed by atoms with Gasteiger partial charge in [-0.3, -0.25) is 5.41 Å². The molecule has 1 aromatic carbocycles. The van der Waals surface area contributed by atoms with Crippen LogP contribution in [-0.2, 0) is 5.75 Å². The Balaban J connectivity index is 2.19. The standard InChI is InChI=1S/C15H17N3S/c1-10-4-3-5-12(8-10)9-19-15-13(14(16)17)7-6-11(2)18-15/h3-8H,9H2,1-2H3,(H3,16,17). The predicted molar refractivity (Wildman–Crippen MR) is 80.7 cm³/mol. The van der Waals surface area contributed by atoms with E-state index in [1.165, 1.54) is 11.1 Å². The average Bonchev–Trinajstić information content (AvgIpc) is 2.36. The first-order chi connectivity index (χ1) is 9.06. The normalized spacial score (nSPS) is 10.4. The van der Waals surface area contributed by atoms with Crippen molar-refractivity contribution in [1.82, 2.24) is 4.98 Å². The van der Waals surface area contributed by atoms with Gasteiger partial charge in [0.15, 0.2) is 0 Å². The molecule has 2 rings (SSSR count). The van der Waals surface area contributed by atoms with Gasteiger partial charge in [-0.15, -0.1) is 11.8 Å². The predicted octanol–water partition coefficient (Wildman–Crippen LogP) is 3.27. The number of pyridine rings is 1. The van der Waals surface area contributed by atoms with Crippen LogP contribution >= 0.6 is 11.8 Å². The van der Waals surface area contributed by atoms with Crippen LogP contribution in [-0.4, -0.2) is 10.8 Å². The molecule has 0 saturated carbocycles. The lowest BCUT2D eigenvalue weighted by Gasteiger charge is -2.08. The number of thioether (sulfide) groups is 1. The Hall–Kier alpha value is -1.81. The quantitative estimate of drug-likeness (QED) is 0.509. The Morgan fingerprint density at radius 1 is 1.26 bits per heavy atom. The highest BCUT2D eigenvalue weighted by Gasteiger charge is 2.08. The summed E-state index contributed by atoms with van der Waals surface area (Å²) in [6.45, 7) is 4.03. The van der Waals surface area contributed by atoms with Crippen molar-refractivity contribution in [2.45, 2.75) is 24.6 Å². The maximum atomic E-state index is 7.59. The molecule has 0 aliphatic rings. The Morgan fingerprint density at radius 3 is 2.74 bits per heavy atom. The van der Waals surface area contributed by atoms with E-state index in [0.717, 1.165) is 16.5 Å². The Labute approximate surface area is 117 Å². The molecule has 0 radical (unpaired) electrons. The molecule has 0 atom stereocenters. The molecular formula is C15H17N3S. The molecule has 0 amide bonds.